The summed E-state index contributed by atoms with van der Waals surface area (Å²) in [6.07, 6.45) is 10.4. The van der Waals surface area contributed by atoms with Crippen LogP contribution in [0.15, 0.2) is 0 Å². The van der Waals surface area contributed by atoms with Crippen molar-refractivity contribution in [2.24, 2.45) is 0 Å². The second-order valence-corrected chi connectivity index (χ2v) is 2.80. The minimum Gasteiger partial charge on any atom is -0.376 e. The molecular formula is C9H9NO2. The number of carbonyl (C=O) groups excluding carboxylic acids is 1. The molecule has 3 nitrogen and oxygen atoms in total. The minimum atomic E-state index is -1.17. The van der Waals surface area contributed by atoms with Crippen LogP contribution in [0.3, 0.4) is 0 Å². The number of carbonyl (C=O) groups is 1. The summed E-state index contributed by atoms with van der Waals surface area (Å²) in [4.78, 5) is 12.3. The van der Waals surface area contributed by atoms with Crippen molar-refractivity contribution in [1.29, 1.82) is 0 Å². The lowest BCUT2D eigenvalue weighted by Crippen LogP contribution is -2.34. The van der Waals surface area contributed by atoms with E-state index < -0.39 is 11.5 Å². The molecule has 1 amide bonds. The van der Waals surface area contributed by atoms with Gasteiger partial charge in [0.2, 0.25) is 0 Å². The maximum absolute atomic E-state index is 10.9. The molecule has 1 rings (SSSR count). The van der Waals surface area contributed by atoms with E-state index in [9.17, 15) is 9.90 Å². The summed E-state index contributed by atoms with van der Waals surface area (Å²) in [7, 11) is 0. The van der Waals surface area contributed by atoms with E-state index in [2.05, 4.69) is 5.92 Å². The lowest BCUT2D eigenvalue weighted by molar-refractivity contribution is -0.124. The molecule has 1 atom stereocenters. The molecular weight excluding hydrogens is 154 g/mol. The Balaban J connectivity index is 2.66. The summed E-state index contributed by atoms with van der Waals surface area (Å²) in [5, 5.41) is 9.52. The molecule has 1 unspecified atom stereocenters. The van der Waals surface area contributed by atoms with Gasteiger partial charge in [-0.2, -0.15) is 0 Å². The molecule has 0 aliphatic carbocycles. The van der Waals surface area contributed by atoms with Crippen molar-refractivity contribution in [1.82, 2.24) is 4.90 Å². The Morgan fingerprint density at radius 3 is 2.67 bits per heavy atom. The van der Waals surface area contributed by atoms with Crippen molar-refractivity contribution in [2.45, 2.75) is 12.0 Å². The summed E-state index contributed by atoms with van der Waals surface area (Å²) < 4.78 is 0. The third-order valence-electron chi connectivity index (χ3n) is 1.93. The number of hydrogen-bond acceptors (Lipinski definition) is 2. The number of terminal acetylenes is 2. The number of rotatable bonds is 0. The monoisotopic (exact) mass is 163 g/mol. The normalized spacial score (nSPS) is 27.8. The molecule has 1 aliphatic rings. The molecule has 1 N–H and O–H groups in total. The first-order valence-electron chi connectivity index (χ1n) is 3.57. The Bertz CT molecular complexity index is 284. The smallest absolute Gasteiger partial charge is 0.298 e. The highest BCUT2D eigenvalue weighted by molar-refractivity contribution is 5.93. The topological polar surface area (TPSA) is 40.5 Å². The quantitative estimate of drug-likeness (QED) is 0.476. The fourth-order valence-electron chi connectivity index (χ4n) is 1.18. The number of nitrogens with zero attached hydrogens (tertiary/aromatic N) is 1. The van der Waals surface area contributed by atoms with E-state index in [1.165, 1.54) is 4.90 Å². The van der Waals surface area contributed by atoms with Crippen LogP contribution in [-0.4, -0.2) is 34.6 Å². The van der Waals surface area contributed by atoms with Gasteiger partial charge in [-0.05, 0) is 5.92 Å². The van der Waals surface area contributed by atoms with E-state index in [1.807, 2.05) is 5.92 Å². The predicted molar refractivity (Wildman–Crippen MR) is 43.8 cm³/mol. The van der Waals surface area contributed by atoms with Gasteiger partial charge in [0, 0.05) is 13.0 Å². The molecule has 1 aliphatic heterocycles. The average molecular weight is 163 g/mol. The Labute approximate surface area is 71.4 Å². The van der Waals surface area contributed by atoms with E-state index in [1.54, 1.807) is 0 Å². The molecule has 0 saturated carbocycles. The van der Waals surface area contributed by atoms with Gasteiger partial charge in [-0.15, -0.1) is 12.8 Å². The van der Waals surface area contributed by atoms with Crippen LogP contribution >= 0.6 is 0 Å². The highest BCUT2D eigenvalue weighted by atomic mass is 16.3. The Hall–Kier alpha value is -1.45. The van der Waals surface area contributed by atoms with Crippen LogP contribution in [0.4, 0.5) is 0 Å². The van der Waals surface area contributed by atoms with Crippen LogP contribution in [0.1, 0.15) is 6.42 Å². The first kappa shape index (κ1) is 8.64. The van der Waals surface area contributed by atoms with E-state index in [-0.39, 0.29) is 6.54 Å². The van der Waals surface area contributed by atoms with Crippen LogP contribution in [-0.2, 0) is 4.79 Å². The number of β-amino-alcohol motifs (C(OH)–C–C–N with tert-alkyl or cyclic N) is 1. The number of hydrogen-bond donors (Lipinski definition) is 1. The second kappa shape index (κ2) is 2.89. The van der Waals surface area contributed by atoms with Crippen molar-refractivity contribution in [2.75, 3.05) is 13.1 Å². The molecule has 0 radical (unpaired) electrons. The molecule has 62 valence electrons. The van der Waals surface area contributed by atoms with Gasteiger partial charge in [0.05, 0.1) is 6.54 Å². The Kier molecular flexibility index (Phi) is 2.08. The zero-order valence-corrected chi connectivity index (χ0v) is 6.58. The third-order valence-corrected chi connectivity index (χ3v) is 1.93. The summed E-state index contributed by atoms with van der Waals surface area (Å²) in [6.45, 7) is 0.580. The van der Waals surface area contributed by atoms with E-state index in [0.29, 0.717) is 13.0 Å². The predicted octanol–water partition coefficient (Wildman–Crippen LogP) is -0.784. The fourth-order valence-corrected chi connectivity index (χ4v) is 1.18. The van der Waals surface area contributed by atoms with Gasteiger partial charge in [0.25, 0.3) is 5.91 Å². The highest BCUT2D eigenvalue weighted by Gasteiger charge is 2.35. The first-order valence-corrected chi connectivity index (χ1v) is 3.57. The molecule has 0 bridgehead atoms. The number of aliphatic hydroxyl groups is 1. The van der Waals surface area contributed by atoms with Crippen LogP contribution in [0.25, 0.3) is 0 Å². The lowest BCUT2D eigenvalue weighted by atomic mass is 10.1. The standard InChI is InChI=1S/C9H9NO2/c1-3-8(11)10-6-5-9(12,4-2)7-10/h1-2,12H,5-7H2. The van der Waals surface area contributed by atoms with E-state index in [4.69, 9.17) is 12.8 Å². The third kappa shape index (κ3) is 1.42. The van der Waals surface area contributed by atoms with Crippen molar-refractivity contribution in [3.63, 3.8) is 0 Å². The van der Waals surface area contributed by atoms with Gasteiger partial charge < -0.3 is 10.0 Å². The maximum Gasteiger partial charge on any atom is 0.298 e. The lowest BCUT2D eigenvalue weighted by Gasteiger charge is -2.15. The van der Waals surface area contributed by atoms with Gasteiger partial charge in [-0.3, -0.25) is 4.79 Å². The van der Waals surface area contributed by atoms with Gasteiger partial charge in [-0.25, -0.2) is 0 Å². The summed E-state index contributed by atoms with van der Waals surface area (Å²) >= 11 is 0. The van der Waals surface area contributed by atoms with Gasteiger partial charge >= 0.3 is 0 Å². The fraction of sp³-hybridized carbons (Fsp3) is 0.444. The number of likely N-dealkylation sites (tertiary alicyclic amines) is 1. The van der Waals surface area contributed by atoms with E-state index in [0.717, 1.165) is 0 Å². The molecule has 0 spiro atoms. The molecule has 1 heterocycles. The molecule has 0 aromatic rings. The number of amides is 1. The summed E-state index contributed by atoms with van der Waals surface area (Å²) in [6, 6.07) is 0. The zero-order valence-electron chi connectivity index (χ0n) is 6.58. The maximum atomic E-state index is 10.9. The van der Waals surface area contributed by atoms with Crippen molar-refractivity contribution < 1.29 is 9.90 Å². The summed E-state index contributed by atoms with van der Waals surface area (Å²) in [5.41, 5.74) is -1.17. The molecule has 0 aromatic heterocycles. The van der Waals surface area contributed by atoms with Crippen LogP contribution < -0.4 is 0 Å². The average Bonchev–Trinajstić information content (AvgIpc) is 2.48. The van der Waals surface area contributed by atoms with Crippen molar-refractivity contribution >= 4 is 5.91 Å². The van der Waals surface area contributed by atoms with Crippen molar-refractivity contribution in [3.8, 4) is 24.7 Å². The van der Waals surface area contributed by atoms with Gasteiger partial charge in [0.1, 0.15) is 5.60 Å². The van der Waals surface area contributed by atoms with Gasteiger partial charge in [0.15, 0.2) is 0 Å². The second-order valence-electron chi connectivity index (χ2n) is 2.80. The minimum absolute atomic E-state index is 0.145. The molecule has 12 heavy (non-hydrogen) atoms. The van der Waals surface area contributed by atoms with E-state index >= 15 is 0 Å². The van der Waals surface area contributed by atoms with Crippen LogP contribution in [0.2, 0.25) is 0 Å². The van der Waals surface area contributed by atoms with Crippen LogP contribution in [0.5, 0.6) is 0 Å². The molecule has 1 fully saturated rings. The van der Waals surface area contributed by atoms with Crippen LogP contribution in [0, 0.1) is 24.7 Å². The highest BCUT2D eigenvalue weighted by Crippen LogP contribution is 2.19. The summed E-state index contributed by atoms with van der Waals surface area (Å²) in [5.74, 6) is 3.80. The molecule has 3 heteroatoms. The van der Waals surface area contributed by atoms with Gasteiger partial charge in [-0.1, -0.05) is 5.92 Å². The van der Waals surface area contributed by atoms with Crippen molar-refractivity contribution in [3.05, 3.63) is 0 Å². The largest absolute Gasteiger partial charge is 0.376 e. The molecule has 1 saturated heterocycles. The molecule has 0 aromatic carbocycles. The zero-order chi connectivity index (χ0) is 9.19. The Morgan fingerprint density at radius 2 is 2.25 bits per heavy atom. The Morgan fingerprint density at radius 1 is 1.58 bits per heavy atom. The SMILES string of the molecule is C#CC(=O)N1CCC(O)(C#C)C1. The first-order chi connectivity index (χ1) is 5.61.